The summed E-state index contributed by atoms with van der Waals surface area (Å²) in [7, 11) is -2.52. The van der Waals surface area contributed by atoms with E-state index in [0.717, 1.165) is 29.5 Å². The molecule has 1 atom stereocenters. The van der Waals surface area contributed by atoms with Gasteiger partial charge in [0.05, 0.1) is 18.3 Å². The van der Waals surface area contributed by atoms with E-state index in [1.54, 1.807) is 4.90 Å². The second kappa shape index (κ2) is 7.90. The average molecular weight is 385 g/mol. The Bertz CT molecular complexity index is 795. The third-order valence-electron chi connectivity index (χ3n) is 4.33. The zero-order chi connectivity index (χ0) is 19.5. The first kappa shape index (κ1) is 20.0. The van der Waals surface area contributed by atoms with Gasteiger partial charge in [-0.3, -0.25) is 19.2 Å². The van der Waals surface area contributed by atoms with E-state index in [0.29, 0.717) is 19.0 Å². The van der Waals surface area contributed by atoms with Gasteiger partial charge in [0, 0.05) is 25.2 Å². The zero-order valence-corrected chi connectivity index (χ0v) is 15.9. The fraction of sp³-hybridized carbons (Fsp3) is 0.562. The number of methoxy groups -OCH3 is 1. The van der Waals surface area contributed by atoms with Crippen LogP contribution in [0.1, 0.15) is 19.8 Å². The van der Waals surface area contributed by atoms with Gasteiger partial charge in [-0.15, -0.1) is 0 Å². The number of sulfonamides is 1. The van der Waals surface area contributed by atoms with Crippen LogP contribution in [0.2, 0.25) is 0 Å². The lowest BCUT2D eigenvalue weighted by atomic mass is 10.0. The topological polar surface area (TPSA) is 110 Å². The Morgan fingerprint density at radius 3 is 2.69 bits per heavy atom. The molecule has 0 aromatic heterocycles. The first-order chi connectivity index (χ1) is 12.1. The van der Waals surface area contributed by atoms with Crippen LogP contribution < -0.4 is 9.04 Å². The van der Waals surface area contributed by atoms with Crippen molar-refractivity contribution in [2.24, 2.45) is 5.92 Å². The molecule has 10 heteroatoms. The van der Waals surface area contributed by atoms with E-state index in [4.69, 9.17) is 4.74 Å². The van der Waals surface area contributed by atoms with Gasteiger partial charge in [-0.2, -0.15) is 0 Å². The second-order valence-corrected chi connectivity index (χ2v) is 8.38. The van der Waals surface area contributed by atoms with Crippen molar-refractivity contribution in [1.29, 1.82) is 0 Å². The molecule has 1 aliphatic heterocycles. The molecule has 1 aliphatic rings. The van der Waals surface area contributed by atoms with Gasteiger partial charge in [0.1, 0.15) is 18.0 Å². The third-order valence-corrected chi connectivity index (χ3v) is 5.46. The van der Waals surface area contributed by atoms with Crippen molar-refractivity contribution in [3.63, 3.8) is 0 Å². The molecule has 1 unspecified atom stereocenters. The molecule has 0 saturated carbocycles. The summed E-state index contributed by atoms with van der Waals surface area (Å²) in [6.45, 7) is 2.76. The number of hydrogen-bond donors (Lipinski definition) is 0. The molecule has 1 saturated heterocycles. The SMILES string of the molecule is COc1ccc([N+](=O)[O-])cc1N(CC(=O)N1CCCC(C)C1)S(C)(=O)=O. The van der Waals surface area contributed by atoms with Crippen LogP contribution in [0.15, 0.2) is 18.2 Å². The van der Waals surface area contributed by atoms with Gasteiger partial charge >= 0.3 is 0 Å². The third kappa shape index (κ3) is 4.63. The number of piperidine rings is 1. The summed E-state index contributed by atoms with van der Waals surface area (Å²) in [6, 6.07) is 3.64. The van der Waals surface area contributed by atoms with E-state index in [1.165, 1.54) is 19.2 Å². The lowest BCUT2D eigenvalue weighted by Crippen LogP contribution is -2.46. The Morgan fingerprint density at radius 2 is 2.15 bits per heavy atom. The highest BCUT2D eigenvalue weighted by Crippen LogP contribution is 2.33. The molecule has 144 valence electrons. The molecular formula is C16H23N3O6S. The molecule has 0 spiro atoms. The Morgan fingerprint density at radius 1 is 1.46 bits per heavy atom. The maximum absolute atomic E-state index is 12.6. The minimum atomic E-state index is -3.86. The summed E-state index contributed by atoms with van der Waals surface area (Å²) in [5.41, 5.74) is -0.309. The molecule has 1 aromatic rings. The molecule has 1 fully saturated rings. The molecule has 1 amide bonds. The van der Waals surface area contributed by atoms with Crippen LogP contribution in [0.4, 0.5) is 11.4 Å². The number of carbonyl (C=O) groups is 1. The summed E-state index contributed by atoms with van der Waals surface area (Å²) in [5, 5.41) is 11.1. The lowest BCUT2D eigenvalue weighted by molar-refractivity contribution is -0.384. The van der Waals surface area contributed by atoms with Gasteiger partial charge < -0.3 is 9.64 Å². The van der Waals surface area contributed by atoms with Gasteiger partial charge in [0.15, 0.2) is 0 Å². The van der Waals surface area contributed by atoms with Crippen LogP contribution in [0.5, 0.6) is 5.75 Å². The van der Waals surface area contributed by atoms with E-state index in [2.05, 4.69) is 0 Å². The smallest absolute Gasteiger partial charge is 0.271 e. The number of anilines is 1. The van der Waals surface area contributed by atoms with Crippen LogP contribution in [-0.4, -0.2) is 57.1 Å². The Hall–Kier alpha value is -2.36. The van der Waals surface area contributed by atoms with Gasteiger partial charge in [0.2, 0.25) is 15.9 Å². The van der Waals surface area contributed by atoms with Crippen molar-refractivity contribution in [3.8, 4) is 5.75 Å². The Balaban J connectivity index is 2.38. The monoisotopic (exact) mass is 385 g/mol. The molecule has 0 aliphatic carbocycles. The molecule has 0 bridgehead atoms. The van der Waals surface area contributed by atoms with E-state index in [-0.39, 0.29) is 23.0 Å². The summed E-state index contributed by atoms with van der Waals surface area (Å²) in [5.74, 6) is 0.156. The second-order valence-electron chi connectivity index (χ2n) is 6.47. The number of likely N-dealkylation sites (tertiary alicyclic amines) is 1. The van der Waals surface area contributed by atoms with Crippen LogP contribution in [-0.2, 0) is 14.8 Å². The molecule has 9 nitrogen and oxygen atoms in total. The van der Waals surface area contributed by atoms with Gasteiger partial charge in [-0.1, -0.05) is 6.92 Å². The number of nitro benzene ring substituents is 1. The van der Waals surface area contributed by atoms with Crippen molar-refractivity contribution >= 4 is 27.3 Å². The molecule has 1 heterocycles. The summed E-state index contributed by atoms with van der Waals surface area (Å²) in [6.07, 6.45) is 2.85. The normalized spacial score (nSPS) is 17.7. The maximum Gasteiger partial charge on any atom is 0.271 e. The Labute approximate surface area is 152 Å². The quantitative estimate of drug-likeness (QED) is 0.544. The van der Waals surface area contributed by atoms with Crippen molar-refractivity contribution in [2.75, 3.05) is 37.3 Å². The number of rotatable bonds is 6. The highest BCUT2D eigenvalue weighted by Gasteiger charge is 2.29. The molecule has 1 aromatic carbocycles. The average Bonchev–Trinajstić information content (AvgIpc) is 2.57. The predicted molar refractivity (Wildman–Crippen MR) is 96.8 cm³/mol. The number of amides is 1. The van der Waals surface area contributed by atoms with Crippen molar-refractivity contribution < 1.29 is 22.9 Å². The lowest BCUT2D eigenvalue weighted by Gasteiger charge is -2.33. The zero-order valence-electron chi connectivity index (χ0n) is 15.0. The molecule has 0 N–H and O–H groups in total. The minimum absolute atomic E-state index is 0.0254. The maximum atomic E-state index is 12.6. The number of carbonyl (C=O) groups excluding carboxylic acids is 1. The minimum Gasteiger partial charge on any atom is -0.495 e. The summed E-state index contributed by atoms with van der Waals surface area (Å²) >= 11 is 0. The molecule has 2 rings (SSSR count). The van der Waals surface area contributed by atoms with Crippen LogP contribution in [0, 0.1) is 16.0 Å². The van der Waals surface area contributed by atoms with Crippen LogP contribution in [0.3, 0.4) is 0 Å². The summed E-state index contributed by atoms with van der Waals surface area (Å²) in [4.78, 5) is 24.7. The highest BCUT2D eigenvalue weighted by atomic mass is 32.2. The predicted octanol–water partition coefficient (Wildman–Crippen LogP) is 1.63. The van der Waals surface area contributed by atoms with Crippen LogP contribution in [0.25, 0.3) is 0 Å². The van der Waals surface area contributed by atoms with Crippen molar-refractivity contribution in [3.05, 3.63) is 28.3 Å². The number of ether oxygens (including phenoxy) is 1. The highest BCUT2D eigenvalue weighted by molar-refractivity contribution is 7.92. The fourth-order valence-corrected chi connectivity index (χ4v) is 3.85. The first-order valence-electron chi connectivity index (χ1n) is 8.21. The fourth-order valence-electron chi connectivity index (χ4n) is 3.01. The van der Waals surface area contributed by atoms with Gasteiger partial charge in [-0.05, 0) is 24.8 Å². The molecule has 26 heavy (non-hydrogen) atoms. The largest absolute Gasteiger partial charge is 0.495 e. The van der Waals surface area contributed by atoms with E-state index in [1.807, 2.05) is 6.92 Å². The molecule has 0 radical (unpaired) electrons. The van der Waals surface area contributed by atoms with E-state index in [9.17, 15) is 23.3 Å². The number of benzene rings is 1. The Kier molecular flexibility index (Phi) is 6.06. The van der Waals surface area contributed by atoms with E-state index < -0.39 is 21.5 Å². The van der Waals surface area contributed by atoms with Gasteiger partial charge in [-0.25, -0.2) is 8.42 Å². The first-order valence-corrected chi connectivity index (χ1v) is 10.1. The van der Waals surface area contributed by atoms with Crippen molar-refractivity contribution in [1.82, 2.24) is 4.90 Å². The number of non-ortho nitro benzene ring substituents is 1. The molecular weight excluding hydrogens is 362 g/mol. The van der Waals surface area contributed by atoms with Gasteiger partial charge in [0.25, 0.3) is 5.69 Å². The van der Waals surface area contributed by atoms with Crippen LogP contribution >= 0.6 is 0 Å². The number of hydrogen-bond acceptors (Lipinski definition) is 6. The van der Waals surface area contributed by atoms with E-state index >= 15 is 0 Å². The van der Waals surface area contributed by atoms with Crippen molar-refractivity contribution in [2.45, 2.75) is 19.8 Å². The standard InChI is InChI=1S/C16H23N3O6S/c1-12-5-4-8-17(10-12)16(20)11-18(26(3,23)24)14-9-13(19(21)22)6-7-15(14)25-2/h6-7,9,12H,4-5,8,10-11H2,1-3H3. The number of nitro groups is 1. The number of nitrogens with zero attached hydrogens (tertiary/aromatic N) is 3. The summed E-state index contributed by atoms with van der Waals surface area (Å²) < 4.78 is 30.6.